The molecule has 0 aliphatic carbocycles. The third kappa shape index (κ3) is 5.31. The number of carbonyl (C=O) groups excluding carboxylic acids is 1. The van der Waals surface area contributed by atoms with E-state index in [9.17, 15) is 4.79 Å². The molecule has 168 valence electrons. The smallest absolute Gasteiger partial charge is 0.426 e. The Morgan fingerprint density at radius 1 is 1.33 bits per heavy atom. The quantitative estimate of drug-likeness (QED) is 0.407. The van der Waals surface area contributed by atoms with E-state index in [1.54, 1.807) is 13.1 Å². The molecule has 2 unspecified atom stereocenters. The first-order valence-electron chi connectivity index (χ1n) is 10.1. The summed E-state index contributed by atoms with van der Waals surface area (Å²) in [7, 11) is 1.64. The average molecular weight is 475 g/mol. The first kappa shape index (κ1) is 23.8. The monoisotopic (exact) mass is 474 g/mol. The van der Waals surface area contributed by atoms with Crippen LogP contribution < -0.4 is 9.47 Å². The van der Waals surface area contributed by atoms with Crippen molar-refractivity contribution in [2.24, 2.45) is 0 Å². The first-order valence-corrected chi connectivity index (χ1v) is 13.4. The molecule has 1 aromatic carbocycles. The fourth-order valence-corrected chi connectivity index (χ4v) is 8.58. The molecule has 10 heteroatoms. The van der Waals surface area contributed by atoms with Gasteiger partial charge in [-0.2, -0.15) is 4.08 Å². The van der Waals surface area contributed by atoms with E-state index in [2.05, 4.69) is 0 Å². The van der Waals surface area contributed by atoms with Gasteiger partial charge in [0.25, 0.3) is 6.64 Å². The lowest BCUT2D eigenvalue weighted by molar-refractivity contribution is -0.00509. The van der Waals surface area contributed by atoms with Crippen molar-refractivity contribution < 1.29 is 23.3 Å². The molecular weight excluding hydrogens is 443 g/mol. The summed E-state index contributed by atoms with van der Waals surface area (Å²) in [4.78, 5) is 12.8. The van der Waals surface area contributed by atoms with Gasteiger partial charge in [0, 0.05) is 32.0 Å². The molecule has 7 nitrogen and oxygen atoms in total. The van der Waals surface area contributed by atoms with Crippen LogP contribution in [0.15, 0.2) is 18.2 Å². The standard InChI is InChI=1S/C20H31N2O5PS2/c1-8-22(28(29)26-14(2)12-20(5,6)27-28)30-21(7)18(23)24-16-11-9-10-15-13-19(3,4)25-17(15)16/h9-11,14H,8,12-13H2,1-7H3. The van der Waals surface area contributed by atoms with Gasteiger partial charge in [0.15, 0.2) is 11.5 Å². The molecule has 0 aromatic heterocycles. The van der Waals surface area contributed by atoms with Crippen molar-refractivity contribution in [3.05, 3.63) is 23.8 Å². The molecular formula is C20H31N2O5PS2. The van der Waals surface area contributed by atoms with Gasteiger partial charge in [0.2, 0.25) is 0 Å². The minimum absolute atomic E-state index is 0.0149. The van der Waals surface area contributed by atoms with E-state index in [4.69, 9.17) is 30.3 Å². The Hall–Kier alpha value is -0.830. The molecule has 2 atom stereocenters. The van der Waals surface area contributed by atoms with E-state index in [1.807, 2.05) is 57.8 Å². The zero-order valence-corrected chi connectivity index (χ0v) is 21.2. The van der Waals surface area contributed by atoms with Crippen molar-refractivity contribution in [2.45, 2.75) is 71.7 Å². The molecule has 3 rings (SSSR count). The predicted molar refractivity (Wildman–Crippen MR) is 123 cm³/mol. The highest BCUT2D eigenvalue weighted by molar-refractivity contribution is 8.15. The van der Waals surface area contributed by atoms with Crippen molar-refractivity contribution in [3.63, 3.8) is 0 Å². The number of para-hydroxylation sites is 1. The Bertz CT molecular complexity index is 864. The van der Waals surface area contributed by atoms with Gasteiger partial charge in [-0.3, -0.25) is 0 Å². The van der Waals surface area contributed by atoms with E-state index in [1.165, 1.54) is 4.31 Å². The fraction of sp³-hybridized carbons (Fsp3) is 0.650. The summed E-state index contributed by atoms with van der Waals surface area (Å²) in [5, 5.41) is 0. The van der Waals surface area contributed by atoms with Crippen molar-refractivity contribution in [2.75, 3.05) is 13.6 Å². The van der Waals surface area contributed by atoms with Gasteiger partial charge in [0.1, 0.15) is 5.60 Å². The molecule has 0 bridgehead atoms. The number of carbonyl (C=O) groups is 1. The maximum atomic E-state index is 12.8. The van der Waals surface area contributed by atoms with E-state index in [0.717, 1.165) is 30.5 Å². The number of hydrogen-bond acceptors (Lipinski definition) is 7. The Balaban J connectivity index is 1.70. The molecule has 0 spiro atoms. The number of benzene rings is 1. The second kappa shape index (κ2) is 8.60. The van der Waals surface area contributed by atoms with Gasteiger partial charge in [0.05, 0.1) is 23.8 Å². The molecule has 0 radical (unpaired) electrons. The van der Waals surface area contributed by atoms with E-state index < -0.39 is 12.7 Å². The topological polar surface area (TPSA) is 60.5 Å². The largest absolute Gasteiger partial charge is 0.483 e. The van der Waals surface area contributed by atoms with Crippen LogP contribution in [0.3, 0.4) is 0 Å². The summed E-state index contributed by atoms with van der Waals surface area (Å²) in [5.41, 5.74) is 0.337. The minimum Gasteiger partial charge on any atom is -0.483 e. The SMILES string of the molecule is CCN(SN(C)C(=O)Oc1cccc2c1OC(C)(C)C2)P1(=S)OC(C)CC(C)(C)O1. The number of hydrogen-bond donors (Lipinski definition) is 0. The van der Waals surface area contributed by atoms with E-state index in [0.29, 0.717) is 18.0 Å². The Morgan fingerprint density at radius 3 is 2.67 bits per heavy atom. The molecule has 2 aliphatic rings. The van der Waals surface area contributed by atoms with Gasteiger partial charge in [-0.1, -0.05) is 19.1 Å². The fourth-order valence-electron chi connectivity index (χ4n) is 3.70. The molecule has 30 heavy (non-hydrogen) atoms. The minimum atomic E-state index is -2.75. The molecule has 2 aliphatic heterocycles. The number of fused-ring (bicyclic) bond motifs is 1. The maximum Gasteiger partial charge on any atom is 0.426 e. The summed E-state index contributed by atoms with van der Waals surface area (Å²) >= 11 is 6.96. The van der Waals surface area contributed by atoms with Gasteiger partial charge in [-0.25, -0.2) is 9.10 Å². The maximum absolute atomic E-state index is 12.8. The summed E-state index contributed by atoms with van der Waals surface area (Å²) in [5.74, 6) is 1.05. The highest BCUT2D eigenvalue weighted by atomic mass is 32.5. The summed E-state index contributed by atoms with van der Waals surface area (Å²) in [6.07, 6.45) is 0.999. The van der Waals surface area contributed by atoms with Crippen LogP contribution in [-0.4, -0.2) is 45.4 Å². The van der Waals surface area contributed by atoms with Crippen LogP contribution >= 0.6 is 18.8 Å². The third-order valence-corrected chi connectivity index (χ3v) is 9.99. The molecule has 2 heterocycles. The summed E-state index contributed by atoms with van der Waals surface area (Å²) in [6, 6.07) is 5.60. The van der Waals surface area contributed by atoms with Crippen LogP contribution in [-0.2, 0) is 27.3 Å². The van der Waals surface area contributed by atoms with Crippen molar-refractivity contribution in [1.29, 1.82) is 0 Å². The highest BCUT2D eigenvalue weighted by Gasteiger charge is 2.43. The van der Waals surface area contributed by atoms with Crippen LogP contribution in [0, 0.1) is 0 Å². The van der Waals surface area contributed by atoms with Crippen LogP contribution in [0.4, 0.5) is 4.79 Å². The number of nitrogens with zero attached hydrogens (tertiary/aromatic N) is 2. The zero-order chi connectivity index (χ0) is 22.3. The van der Waals surface area contributed by atoms with E-state index in [-0.39, 0.29) is 17.3 Å². The van der Waals surface area contributed by atoms with Crippen LogP contribution in [0.1, 0.15) is 53.5 Å². The first-order chi connectivity index (χ1) is 13.8. The van der Waals surface area contributed by atoms with Gasteiger partial charge in [-0.05, 0) is 52.5 Å². The van der Waals surface area contributed by atoms with Gasteiger partial charge >= 0.3 is 6.09 Å². The Kier molecular flexibility index (Phi) is 6.83. The number of amides is 1. The predicted octanol–water partition coefficient (Wildman–Crippen LogP) is 5.54. The van der Waals surface area contributed by atoms with Crippen LogP contribution in [0.5, 0.6) is 11.5 Å². The molecule has 0 N–H and O–H groups in total. The van der Waals surface area contributed by atoms with E-state index >= 15 is 0 Å². The summed E-state index contributed by atoms with van der Waals surface area (Å²) < 4.78 is 27.1. The van der Waals surface area contributed by atoms with Crippen molar-refractivity contribution in [3.8, 4) is 11.5 Å². The lowest BCUT2D eigenvalue weighted by Gasteiger charge is -2.44. The molecule has 1 aromatic rings. The number of ether oxygens (including phenoxy) is 2. The van der Waals surface area contributed by atoms with Gasteiger partial charge < -0.3 is 18.5 Å². The normalized spacial score (nSPS) is 26.7. The molecule has 1 amide bonds. The Labute approximate surface area is 188 Å². The lowest BCUT2D eigenvalue weighted by Crippen LogP contribution is -2.38. The molecule has 0 saturated carbocycles. The summed E-state index contributed by atoms with van der Waals surface area (Å²) in [6.45, 7) is 9.82. The van der Waals surface area contributed by atoms with Crippen LogP contribution in [0.25, 0.3) is 0 Å². The van der Waals surface area contributed by atoms with Crippen LogP contribution in [0.2, 0.25) is 0 Å². The molecule has 1 fully saturated rings. The highest BCUT2D eigenvalue weighted by Crippen LogP contribution is 2.62. The second-order valence-corrected chi connectivity index (χ2v) is 13.5. The third-order valence-electron chi connectivity index (χ3n) is 4.72. The lowest BCUT2D eigenvalue weighted by atomic mass is 10.0. The zero-order valence-electron chi connectivity index (χ0n) is 18.6. The second-order valence-electron chi connectivity index (χ2n) is 8.84. The van der Waals surface area contributed by atoms with Crippen molar-refractivity contribution >= 4 is 36.7 Å². The average Bonchev–Trinajstić information content (AvgIpc) is 2.92. The molecule has 1 saturated heterocycles. The van der Waals surface area contributed by atoms with Gasteiger partial charge in [-0.15, -0.1) is 0 Å². The number of rotatable bonds is 5. The van der Waals surface area contributed by atoms with Crippen molar-refractivity contribution in [1.82, 2.24) is 8.38 Å². The Morgan fingerprint density at radius 2 is 2.03 bits per heavy atom.